The molecule has 0 aliphatic heterocycles. The molecule has 0 bridgehead atoms. The highest BCUT2D eigenvalue weighted by atomic mass is 79.9. The zero-order chi connectivity index (χ0) is 15.5. The summed E-state index contributed by atoms with van der Waals surface area (Å²) in [5.41, 5.74) is -0.187. The number of hydrogen-bond acceptors (Lipinski definition) is 4. The lowest BCUT2D eigenvalue weighted by molar-refractivity contribution is -0.123. The summed E-state index contributed by atoms with van der Waals surface area (Å²) in [4.78, 5) is 12.4. The molecule has 114 valence electrons. The highest BCUT2D eigenvalue weighted by molar-refractivity contribution is 9.10. The second-order valence-electron chi connectivity index (χ2n) is 5.01. The Hall–Kier alpha value is -1.67. The molecule has 21 heavy (non-hydrogen) atoms. The van der Waals surface area contributed by atoms with E-state index >= 15 is 0 Å². The minimum atomic E-state index is -0.811. The molecule has 1 N–H and O–H groups in total. The van der Waals surface area contributed by atoms with Crippen molar-refractivity contribution in [2.24, 2.45) is 0 Å². The van der Waals surface area contributed by atoms with E-state index < -0.39 is 5.54 Å². The third-order valence-corrected chi connectivity index (χ3v) is 3.41. The van der Waals surface area contributed by atoms with E-state index in [4.69, 9.17) is 4.74 Å². The maximum absolute atomic E-state index is 12.4. The lowest BCUT2D eigenvalue weighted by Crippen LogP contribution is -2.40. The first-order valence-corrected chi connectivity index (χ1v) is 7.35. The average Bonchev–Trinajstić information content (AvgIpc) is 3.05. The van der Waals surface area contributed by atoms with Gasteiger partial charge in [0.15, 0.2) is 0 Å². The van der Waals surface area contributed by atoms with Crippen LogP contribution in [0.3, 0.4) is 0 Å². The molecular weight excluding hydrogens is 338 g/mol. The molecule has 8 heteroatoms. The highest BCUT2D eigenvalue weighted by Gasteiger charge is 2.30. The molecule has 0 radical (unpaired) electrons. The van der Waals surface area contributed by atoms with Crippen LogP contribution in [0.25, 0.3) is 0 Å². The number of rotatable bonds is 6. The molecule has 0 aliphatic rings. The minimum absolute atomic E-state index is 0.172. The van der Waals surface area contributed by atoms with Crippen molar-refractivity contribution in [3.8, 4) is 0 Å². The van der Waals surface area contributed by atoms with Crippen molar-refractivity contribution in [3.63, 3.8) is 0 Å². The first kappa shape index (κ1) is 15.7. The minimum Gasteiger partial charge on any atom is -0.360 e. The number of carbonyl (C=O) groups excluding carboxylic acids is 1. The molecule has 2 aromatic heterocycles. The second kappa shape index (κ2) is 6.40. The van der Waals surface area contributed by atoms with E-state index in [9.17, 15) is 4.79 Å². The summed E-state index contributed by atoms with van der Waals surface area (Å²) in [6.07, 6.45) is 6.72. The molecule has 0 atom stereocenters. The fourth-order valence-electron chi connectivity index (χ4n) is 1.68. The fourth-order valence-corrected chi connectivity index (χ4v) is 1.96. The van der Waals surface area contributed by atoms with Crippen molar-refractivity contribution in [1.29, 1.82) is 0 Å². The van der Waals surface area contributed by atoms with Crippen LogP contribution in [0.5, 0.6) is 0 Å². The third-order valence-electron chi connectivity index (χ3n) is 3.00. The van der Waals surface area contributed by atoms with E-state index in [0.717, 1.165) is 4.47 Å². The summed E-state index contributed by atoms with van der Waals surface area (Å²) < 4.78 is 9.30. The standard InChI is InChI=1S/C13H18BrN5O2/c1-4-21-9-18-8-11(6-15-18)17-12(20)13(2,3)19-7-10(14)5-16-19/h5-8H,4,9H2,1-3H3,(H,17,20). The number of halogens is 1. The van der Waals surface area contributed by atoms with Crippen molar-refractivity contribution in [2.75, 3.05) is 11.9 Å². The third kappa shape index (κ3) is 3.70. The van der Waals surface area contributed by atoms with Crippen molar-refractivity contribution in [3.05, 3.63) is 29.3 Å². The van der Waals surface area contributed by atoms with Gasteiger partial charge < -0.3 is 10.1 Å². The summed E-state index contributed by atoms with van der Waals surface area (Å²) in [6, 6.07) is 0. The predicted molar refractivity (Wildman–Crippen MR) is 81.7 cm³/mol. The molecule has 1 amide bonds. The average molecular weight is 356 g/mol. The Kier molecular flexibility index (Phi) is 4.79. The number of carbonyl (C=O) groups is 1. The Morgan fingerprint density at radius 1 is 1.38 bits per heavy atom. The fraction of sp³-hybridized carbons (Fsp3) is 0.462. The molecule has 0 aliphatic carbocycles. The summed E-state index contributed by atoms with van der Waals surface area (Å²) in [7, 11) is 0. The Morgan fingerprint density at radius 3 is 2.76 bits per heavy atom. The van der Waals surface area contributed by atoms with Crippen LogP contribution < -0.4 is 5.32 Å². The van der Waals surface area contributed by atoms with Crippen molar-refractivity contribution in [1.82, 2.24) is 19.6 Å². The largest absolute Gasteiger partial charge is 0.360 e. The normalized spacial score (nSPS) is 11.6. The maximum Gasteiger partial charge on any atom is 0.251 e. The van der Waals surface area contributed by atoms with Gasteiger partial charge in [0.2, 0.25) is 0 Å². The highest BCUT2D eigenvalue weighted by Crippen LogP contribution is 2.20. The molecule has 2 rings (SSSR count). The Balaban J connectivity index is 2.05. The monoisotopic (exact) mass is 355 g/mol. The van der Waals surface area contributed by atoms with Gasteiger partial charge >= 0.3 is 0 Å². The van der Waals surface area contributed by atoms with Crippen LogP contribution in [0.2, 0.25) is 0 Å². The summed E-state index contributed by atoms with van der Waals surface area (Å²) in [6.45, 7) is 6.49. The number of amides is 1. The summed E-state index contributed by atoms with van der Waals surface area (Å²) >= 11 is 3.33. The quantitative estimate of drug-likeness (QED) is 0.861. The Labute approximate surface area is 131 Å². The van der Waals surface area contributed by atoms with Crippen LogP contribution in [0.1, 0.15) is 20.8 Å². The van der Waals surface area contributed by atoms with Gasteiger partial charge in [0, 0.05) is 12.8 Å². The van der Waals surface area contributed by atoms with Gasteiger partial charge in [0.05, 0.1) is 28.8 Å². The van der Waals surface area contributed by atoms with E-state index in [2.05, 4.69) is 31.4 Å². The van der Waals surface area contributed by atoms with Crippen LogP contribution in [0.15, 0.2) is 29.3 Å². The molecule has 2 aromatic rings. The van der Waals surface area contributed by atoms with E-state index in [-0.39, 0.29) is 5.91 Å². The first-order chi connectivity index (χ1) is 9.93. The topological polar surface area (TPSA) is 74.0 Å². The zero-order valence-electron chi connectivity index (χ0n) is 12.2. The Morgan fingerprint density at radius 2 is 2.14 bits per heavy atom. The van der Waals surface area contributed by atoms with Gasteiger partial charge in [-0.25, -0.2) is 4.68 Å². The van der Waals surface area contributed by atoms with Crippen molar-refractivity contribution >= 4 is 27.5 Å². The smallest absolute Gasteiger partial charge is 0.251 e. The van der Waals surface area contributed by atoms with Crippen molar-refractivity contribution < 1.29 is 9.53 Å². The lowest BCUT2D eigenvalue weighted by Gasteiger charge is -2.23. The molecule has 0 saturated carbocycles. The molecule has 0 unspecified atom stereocenters. The maximum atomic E-state index is 12.4. The number of hydrogen-bond donors (Lipinski definition) is 1. The zero-order valence-corrected chi connectivity index (χ0v) is 13.8. The van der Waals surface area contributed by atoms with E-state index in [1.165, 1.54) is 0 Å². The van der Waals surface area contributed by atoms with Gasteiger partial charge in [-0.1, -0.05) is 0 Å². The van der Waals surface area contributed by atoms with Crippen LogP contribution in [-0.4, -0.2) is 32.1 Å². The van der Waals surface area contributed by atoms with E-state index in [1.807, 2.05) is 6.92 Å². The van der Waals surface area contributed by atoms with Crippen LogP contribution >= 0.6 is 15.9 Å². The molecule has 0 spiro atoms. The molecular formula is C13H18BrN5O2. The summed E-state index contributed by atoms with van der Waals surface area (Å²) in [5, 5.41) is 11.1. The number of ether oxygens (including phenoxy) is 1. The number of nitrogens with one attached hydrogen (secondary N) is 1. The second-order valence-corrected chi connectivity index (χ2v) is 5.92. The van der Waals surface area contributed by atoms with E-state index in [0.29, 0.717) is 19.0 Å². The van der Waals surface area contributed by atoms with Gasteiger partial charge in [-0.15, -0.1) is 0 Å². The predicted octanol–water partition coefficient (Wildman–Crippen LogP) is 2.21. The number of nitrogens with zero attached hydrogens (tertiary/aromatic N) is 4. The first-order valence-electron chi connectivity index (χ1n) is 6.55. The van der Waals surface area contributed by atoms with Crippen LogP contribution in [0.4, 0.5) is 5.69 Å². The molecule has 0 fully saturated rings. The van der Waals surface area contributed by atoms with Crippen LogP contribution in [0, 0.1) is 0 Å². The van der Waals surface area contributed by atoms with E-state index in [1.54, 1.807) is 48.0 Å². The van der Waals surface area contributed by atoms with Gasteiger partial charge in [0.1, 0.15) is 12.3 Å². The van der Waals surface area contributed by atoms with Crippen LogP contribution in [-0.2, 0) is 21.8 Å². The molecule has 7 nitrogen and oxygen atoms in total. The molecule has 0 saturated heterocycles. The SMILES string of the molecule is CCOCn1cc(NC(=O)C(C)(C)n2cc(Br)cn2)cn1. The van der Waals surface area contributed by atoms with Crippen molar-refractivity contribution in [2.45, 2.75) is 33.0 Å². The lowest BCUT2D eigenvalue weighted by atomic mass is 10.1. The van der Waals surface area contributed by atoms with Gasteiger partial charge in [0.25, 0.3) is 5.91 Å². The molecule has 0 aromatic carbocycles. The van der Waals surface area contributed by atoms with Gasteiger partial charge in [-0.3, -0.25) is 9.48 Å². The number of aromatic nitrogens is 4. The van der Waals surface area contributed by atoms with Gasteiger partial charge in [-0.2, -0.15) is 10.2 Å². The number of anilines is 1. The Bertz CT molecular complexity index is 620. The molecule has 2 heterocycles. The van der Waals surface area contributed by atoms with Gasteiger partial charge in [-0.05, 0) is 36.7 Å². The summed E-state index contributed by atoms with van der Waals surface area (Å²) in [5.74, 6) is -0.172.